The smallest absolute Gasteiger partial charge is 0.245 e. The number of likely N-dealkylation sites (tertiary alicyclic amines) is 1. The van der Waals surface area contributed by atoms with E-state index in [9.17, 15) is 19.2 Å². The van der Waals surface area contributed by atoms with Gasteiger partial charge in [0, 0.05) is 45.9 Å². The molecule has 0 spiro atoms. The maximum absolute atomic E-state index is 14.3. The molecule has 12 nitrogen and oxygen atoms in total. The third-order valence-corrected chi connectivity index (χ3v) is 11.9. The van der Waals surface area contributed by atoms with Crippen molar-refractivity contribution in [3.63, 3.8) is 0 Å². The van der Waals surface area contributed by atoms with Crippen LogP contribution in [0.1, 0.15) is 90.8 Å². The highest BCUT2D eigenvalue weighted by Crippen LogP contribution is 2.30. The minimum atomic E-state index is -0.751. The second kappa shape index (κ2) is 21.1. The van der Waals surface area contributed by atoms with Crippen molar-refractivity contribution < 1.29 is 28.7 Å². The minimum Gasteiger partial charge on any atom is -0.379 e. The van der Waals surface area contributed by atoms with Crippen LogP contribution in [0, 0.1) is 23.2 Å². The standard InChI is InChI=1S/C41H66N6O6S/c1-12-27(4)35(46(9)39(50)34(26(2)3)45-40(51)41(6,7)25-42-8)32(52-10)24-33(48)47-21-16-19-31(47)36(53-11)28(5)37(49)44-30(38-43-20-22-54-38)23-29-17-14-13-15-18-29/h13-15,17-18,20,22,26-28,30-32,34-36,42H,12,16,19,21,23-25H2,1-11H3,(H,44,49)(H,45,51)/t27-,28+,30-,31-,32+,34-,35-,36+/m0/s1. The summed E-state index contributed by atoms with van der Waals surface area (Å²) < 4.78 is 12.1. The van der Waals surface area contributed by atoms with Gasteiger partial charge in [-0.25, -0.2) is 4.98 Å². The zero-order chi connectivity index (χ0) is 40.2. The number of carbonyl (C=O) groups is 4. The Morgan fingerprint density at radius 3 is 2.30 bits per heavy atom. The fourth-order valence-corrected chi connectivity index (χ4v) is 8.35. The van der Waals surface area contributed by atoms with Crippen molar-refractivity contribution in [3.05, 3.63) is 52.5 Å². The van der Waals surface area contributed by atoms with Crippen molar-refractivity contribution >= 4 is 35.0 Å². The largest absolute Gasteiger partial charge is 0.379 e. The van der Waals surface area contributed by atoms with Crippen LogP contribution < -0.4 is 16.0 Å². The van der Waals surface area contributed by atoms with E-state index in [1.807, 2.05) is 75.2 Å². The summed E-state index contributed by atoms with van der Waals surface area (Å²) in [6.07, 6.45) is 3.48. The number of hydrogen-bond acceptors (Lipinski definition) is 9. The number of ether oxygens (including phenoxy) is 2. The van der Waals surface area contributed by atoms with Gasteiger partial charge in [-0.05, 0) is 57.6 Å². The van der Waals surface area contributed by atoms with Gasteiger partial charge >= 0.3 is 0 Å². The van der Waals surface area contributed by atoms with Crippen LogP contribution in [0.2, 0.25) is 0 Å². The lowest BCUT2D eigenvalue weighted by molar-refractivity contribution is -0.148. The van der Waals surface area contributed by atoms with Gasteiger partial charge in [-0.2, -0.15) is 0 Å². The number of benzene rings is 1. The van der Waals surface area contributed by atoms with Gasteiger partial charge in [0.05, 0.1) is 48.1 Å². The molecule has 2 aromatic rings. The van der Waals surface area contributed by atoms with Crippen LogP contribution in [0.25, 0.3) is 0 Å². The molecule has 0 aliphatic carbocycles. The Hall–Kier alpha value is -3.39. The molecule has 302 valence electrons. The number of nitrogens with one attached hydrogen (secondary N) is 3. The van der Waals surface area contributed by atoms with Gasteiger partial charge in [0.2, 0.25) is 23.6 Å². The van der Waals surface area contributed by atoms with Gasteiger partial charge in [-0.15, -0.1) is 11.3 Å². The molecule has 0 unspecified atom stereocenters. The first kappa shape index (κ1) is 45.0. The second-order valence-electron chi connectivity index (χ2n) is 15.8. The summed E-state index contributed by atoms with van der Waals surface area (Å²) in [6.45, 7) is 14.5. The SMILES string of the molecule is CC[C@H](C)[C@@H]([C@@H](CC(=O)N1CCC[C@H]1[C@H](OC)[C@@H](C)C(=O)N[C@@H](Cc1ccccc1)c1nccs1)OC)N(C)C(=O)[C@@H](NC(=O)C(C)(C)CNC)C(C)C. The Bertz CT molecular complexity index is 1470. The third kappa shape index (κ3) is 11.6. The first-order chi connectivity index (χ1) is 25.6. The summed E-state index contributed by atoms with van der Waals surface area (Å²) in [6, 6.07) is 8.21. The molecule has 0 radical (unpaired) electrons. The van der Waals surface area contributed by atoms with E-state index in [0.29, 0.717) is 25.9 Å². The average Bonchev–Trinajstić information content (AvgIpc) is 3.87. The van der Waals surface area contributed by atoms with E-state index >= 15 is 0 Å². The highest BCUT2D eigenvalue weighted by molar-refractivity contribution is 7.09. The molecule has 3 N–H and O–H groups in total. The molecule has 1 saturated heterocycles. The molecule has 2 heterocycles. The Labute approximate surface area is 327 Å². The number of thiazole rings is 1. The van der Waals surface area contributed by atoms with Gasteiger partial charge in [-0.1, -0.05) is 71.4 Å². The number of aromatic nitrogens is 1. The van der Waals surface area contributed by atoms with Gasteiger partial charge < -0.3 is 35.2 Å². The lowest BCUT2D eigenvalue weighted by Crippen LogP contribution is -2.59. The number of methoxy groups -OCH3 is 2. The van der Waals surface area contributed by atoms with Crippen molar-refractivity contribution in [2.75, 3.05) is 41.4 Å². The molecule has 1 aromatic heterocycles. The zero-order valence-corrected chi connectivity index (χ0v) is 35.2. The number of rotatable bonds is 21. The third-order valence-electron chi connectivity index (χ3n) is 11.1. The van der Waals surface area contributed by atoms with Gasteiger partial charge in [0.1, 0.15) is 11.0 Å². The number of likely N-dealkylation sites (N-methyl/N-ethyl adjacent to an activating group) is 1. The van der Waals surface area contributed by atoms with Crippen molar-refractivity contribution in [1.82, 2.24) is 30.7 Å². The zero-order valence-electron chi connectivity index (χ0n) is 34.4. The van der Waals surface area contributed by atoms with E-state index in [1.54, 1.807) is 39.4 Å². The second-order valence-corrected chi connectivity index (χ2v) is 16.7. The lowest BCUT2D eigenvalue weighted by Gasteiger charge is -2.41. The van der Waals surface area contributed by atoms with Crippen LogP contribution in [0.4, 0.5) is 0 Å². The summed E-state index contributed by atoms with van der Waals surface area (Å²) in [5, 5.41) is 12.0. The fourth-order valence-electron chi connectivity index (χ4n) is 7.66. The summed E-state index contributed by atoms with van der Waals surface area (Å²) in [5.41, 5.74) is 0.378. The number of hydrogen-bond donors (Lipinski definition) is 3. The van der Waals surface area contributed by atoms with Crippen molar-refractivity contribution in [1.29, 1.82) is 0 Å². The Morgan fingerprint density at radius 1 is 1.06 bits per heavy atom. The molecule has 8 atom stereocenters. The minimum absolute atomic E-state index is 0.00701. The van der Waals surface area contributed by atoms with Crippen molar-refractivity contribution in [3.8, 4) is 0 Å². The van der Waals surface area contributed by atoms with Crippen molar-refractivity contribution in [2.24, 2.45) is 23.2 Å². The van der Waals surface area contributed by atoms with Crippen LogP contribution in [0.5, 0.6) is 0 Å². The predicted molar refractivity (Wildman–Crippen MR) is 214 cm³/mol. The molecule has 1 aliphatic heterocycles. The monoisotopic (exact) mass is 770 g/mol. The lowest BCUT2D eigenvalue weighted by atomic mass is 9.88. The number of carbonyl (C=O) groups excluding carboxylic acids is 4. The molecule has 1 fully saturated rings. The maximum Gasteiger partial charge on any atom is 0.245 e. The van der Waals surface area contributed by atoms with Gasteiger partial charge in [0.15, 0.2) is 0 Å². The predicted octanol–water partition coefficient (Wildman–Crippen LogP) is 4.85. The molecule has 0 bridgehead atoms. The molecule has 3 rings (SSSR count). The summed E-state index contributed by atoms with van der Waals surface area (Å²) in [7, 11) is 6.71. The molecular formula is C41H66N6O6S. The fraction of sp³-hybridized carbons (Fsp3) is 0.683. The molecule has 0 saturated carbocycles. The van der Waals surface area contributed by atoms with E-state index in [0.717, 1.165) is 23.4 Å². The normalized spacial score (nSPS) is 18.7. The van der Waals surface area contributed by atoms with E-state index in [2.05, 4.69) is 34.8 Å². The molecule has 1 aliphatic rings. The molecule has 1 aromatic carbocycles. The first-order valence-corrected chi connectivity index (χ1v) is 20.3. The number of nitrogens with zero attached hydrogens (tertiary/aromatic N) is 3. The van der Waals surface area contributed by atoms with Crippen LogP contribution in [-0.4, -0.2) is 110 Å². The molecule has 4 amide bonds. The van der Waals surface area contributed by atoms with Crippen LogP contribution in [-0.2, 0) is 35.1 Å². The molecular weight excluding hydrogens is 705 g/mol. The van der Waals surface area contributed by atoms with Crippen LogP contribution in [0.15, 0.2) is 41.9 Å². The summed E-state index contributed by atoms with van der Waals surface area (Å²) in [5.74, 6) is -1.43. The highest BCUT2D eigenvalue weighted by atomic mass is 32.1. The topological polar surface area (TPSA) is 142 Å². The average molecular weight is 771 g/mol. The highest BCUT2D eigenvalue weighted by Gasteiger charge is 2.43. The van der Waals surface area contributed by atoms with Gasteiger partial charge in [-0.3, -0.25) is 19.2 Å². The number of amides is 4. The van der Waals surface area contributed by atoms with E-state index in [4.69, 9.17) is 9.47 Å². The maximum atomic E-state index is 14.3. The quantitative estimate of drug-likeness (QED) is 0.164. The van der Waals surface area contributed by atoms with E-state index < -0.39 is 35.6 Å². The van der Waals surface area contributed by atoms with E-state index in [-0.39, 0.29) is 54.0 Å². The van der Waals surface area contributed by atoms with Gasteiger partial charge in [0.25, 0.3) is 0 Å². The first-order valence-electron chi connectivity index (χ1n) is 19.4. The van der Waals surface area contributed by atoms with E-state index in [1.165, 1.54) is 11.3 Å². The summed E-state index contributed by atoms with van der Waals surface area (Å²) in [4.78, 5) is 63.6. The Kier molecular flexibility index (Phi) is 17.5. The Morgan fingerprint density at radius 2 is 1.74 bits per heavy atom. The van der Waals surface area contributed by atoms with Crippen molar-refractivity contribution in [2.45, 2.75) is 117 Å². The molecule has 13 heteroatoms. The summed E-state index contributed by atoms with van der Waals surface area (Å²) >= 11 is 1.51. The molecule has 54 heavy (non-hydrogen) atoms. The van der Waals surface area contributed by atoms with Crippen LogP contribution >= 0.6 is 11.3 Å². The van der Waals surface area contributed by atoms with Crippen LogP contribution in [0.3, 0.4) is 0 Å². The Balaban J connectivity index is 1.78.